The van der Waals surface area contributed by atoms with Gasteiger partial charge in [-0.3, -0.25) is 4.79 Å². The number of hydrogen-bond donors (Lipinski definition) is 0. The van der Waals surface area contributed by atoms with Crippen LogP contribution in [0.3, 0.4) is 0 Å². The van der Waals surface area contributed by atoms with Crippen molar-refractivity contribution < 1.29 is 9.53 Å². The van der Waals surface area contributed by atoms with Crippen molar-refractivity contribution in [2.24, 2.45) is 11.3 Å². The fourth-order valence-corrected chi connectivity index (χ4v) is 2.54. The number of ether oxygens (including phenoxy) is 1. The molecule has 1 fully saturated rings. The van der Waals surface area contributed by atoms with Crippen LogP contribution in [0.2, 0.25) is 0 Å². The minimum absolute atomic E-state index is 0.106. The van der Waals surface area contributed by atoms with E-state index in [1.807, 2.05) is 6.92 Å². The van der Waals surface area contributed by atoms with Crippen LogP contribution >= 0.6 is 0 Å². The lowest BCUT2D eigenvalue weighted by atomic mass is 9.56. The standard InChI is InChI=1S/C10H18O2/c1-5-10(6-2)8(11)7(3)9(10)12-4/h7,9H,5-6H2,1-4H3. The molecule has 70 valence electrons. The lowest BCUT2D eigenvalue weighted by Gasteiger charge is -2.50. The van der Waals surface area contributed by atoms with Crippen LogP contribution in [0.4, 0.5) is 0 Å². The second-order valence-electron chi connectivity index (χ2n) is 3.67. The Bertz CT molecular complexity index is 182. The number of rotatable bonds is 3. The molecule has 1 aliphatic carbocycles. The number of carbonyl (C=O) groups is 1. The van der Waals surface area contributed by atoms with Crippen LogP contribution in [0.15, 0.2) is 0 Å². The largest absolute Gasteiger partial charge is 0.380 e. The van der Waals surface area contributed by atoms with Gasteiger partial charge >= 0.3 is 0 Å². The second-order valence-corrected chi connectivity index (χ2v) is 3.67. The van der Waals surface area contributed by atoms with E-state index in [1.54, 1.807) is 7.11 Å². The Balaban J connectivity index is 2.81. The van der Waals surface area contributed by atoms with E-state index in [9.17, 15) is 4.79 Å². The van der Waals surface area contributed by atoms with Gasteiger partial charge in [0.05, 0.1) is 11.5 Å². The van der Waals surface area contributed by atoms with E-state index in [4.69, 9.17) is 4.74 Å². The van der Waals surface area contributed by atoms with Crippen LogP contribution in [0, 0.1) is 11.3 Å². The van der Waals surface area contributed by atoms with E-state index < -0.39 is 0 Å². The monoisotopic (exact) mass is 170 g/mol. The summed E-state index contributed by atoms with van der Waals surface area (Å²) in [6.07, 6.45) is 1.97. The Labute approximate surface area is 74.3 Å². The molecule has 0 aromatic rings. The molecule has 0 N–H and O–H groups in total. The summed E-state index contributed by atoms with van der Waals surface area (Å²) < 4.78 is 5.35. The Hall–Kier alpha value is -0.370. The highest BCUT2D eigenvalue weighted by atomic mass is 16.5. The molecule has 0 spiro atoms. The van der Waals surface area contributed by atoms with Crippen molar-refractivity contribution in [1.82, 2.24) is 0 Å². The lowest BCUT2D eigenvalue weighted by molar-refractivity contribution is -0.175. The molecule has 0 radical (unpaired) electrons. The highest BCUT2D eigenvalue weighted by Crippen LogP contribution is 2.48. The van der Waals surface area contributed by atoms with Gasteiger partial charge < -0.3 is 4.74 Å². The van der Waals surface area contributed by atoms with Gasteiger partial charge in [-0.25, -0.2) is 0 Å². The Kier molecular flexibility index (Phi) is 2.57. The third kappa shape index (κ3) is 0.939. The summed E-state index contributed by atoms with van der Waals surface area (Å²) in [6, 6.07) is 0. The predicted molar refractivity (Wildman–Crippen MR) is 48.0 cm³/mol. The highest BCUT2D eigenvalue weighted by Gasteiger charge is 2.57. The molecule has 2 atom stereocenters. The summed E-state index contributed by atoms with van der Waals surface area (Å²) in [7, 11) is 1.70. The molecule has 0 aliphatic heterocycles. The van der Waals surface area contributed by atoms with Crippen LogP contribution in [0.5, 0.6) is 0 Å². The van der Waals surface area contributed by atoms with Crippen LogP contribution in [0.1, 0.15) is 33.6 Å². The number of methoxy groups -OCH3 is 1. The van der Waals surface area contributed by atoms with Gasteiger partial charge in [-0.05, 0) is 12.8 Å². The summed E-state index contributed by atoms with van der Waals surface area (Å²) in [6.45, 7) is 6.10. The number of hydrogen-bond acceptors (Lipinski definition) is 2. The van der Waals surface area contributed by atoms with Crippen molar-refractivity contribution in [2.45, 2.75) is 39.7 Å². The van der Waals surface area contributed by atoms with E-state index >= 15 is 0 Å². The number of carbonyl (C=O) groups excluding carboxylic acids is 1. The first kappa shape index (κ1) is 9.72. The molecule has 12 heavy (non-hydrogen) atoms. The zero-order valence-corrected chi connectivity index (χ0v) is 8.39. The van der Waals surface area contributed by atoms with Gasteiger partial charge in [-0.2, -0.15) is 0 Å². The van der Waals surface area contributed by atoms with Crippen molar-refractivity contribution in [3.05, 3.63) is 0 Å². The average molecular weight is 170 g/mol. The Morgan fingerprint density at radius 3 is 2.17 bits per heavy atom. The van der Waals surface area contributed by atoms with E-state index in [2.05, 4.69) is 13.8 Å². The third-order valence-corrected chi connectivity index (χ3v) is 3.42. The molecule has 0 bridgehead atoms. The third-order valence-electron chi connectivity index (χ3n) is 3.42. The maximum absolute atomic E-state index is 11.6. The smallest absolute Gasteiger partial charge is 0.147 e. The van der Waals surface area contributed by atoms with Gasteiger partial charge in [0, 0.05) is 13.0 Å². The molecule has 2 unspecified atom stereocenters. The van der Waals surface area contributed by atoms with Gasteiger partial charge in [0.2, 0.25) is 0 Å². The van der Waals surface area contributed by atoms with Crippen LogP contribution < -0.4 is 0 Å². The average Bonchev–Trinajstić information content (AvgIpc) is 2.12. The molecular weight excluding hydrogens is 152 g/mol. The molecule has 1 rings (SSSR count). The van der Waals surface area contributed by atoms with Gasteiger partial charge in [0.1, 0.15) is 5.78 Å². The van der Waals surface area contributed by atoms with Crippen molar-refractivity contribution >= 4 is 5.78 Å². The first-order chi connectivity index (χ1) is 5.64. The van der Waals surface area contributed by atoms with Crippen molar-refractivity contribution in [3.8, 4) is 0 Å². The Morgan fingerprint density at radius 2 is 1.92 bits per heavy atom. The lowest BCUT2D eigenvalue weighted by Crippen LogP contribution is -2.60. The second kappa shape index (κ2) is 3.17. The van der Waals surface area contributed by atoms with E-state index in [0.717, 1.165) is 12.8 Å². The molecule has 0 heterocycles. The van der Waals surface area contributed by atoms with Gasteiger partial charge in [0.15, 0.2) is 0 Å². The van der Waals surface area contributed by atoms with Gasteiger partial charge in [-0.15, -0.1) is 0 Å². The fraction of sp³-hybridized carbons (Fsp3) is 0.900. The zero-order chi connectivity index (χ0) is 9.35. The first-order valence-electron chi connectivity index (χ1n) is 4.71. The molecule has 2 heteroatoms. The molecule has 1 saturated carbocycles. The van der Waals surface area contributed by atoms with Crippen molar-refractivity contribution in [1.29, 1.82) is 0 Å². The fourth-order valence-electron chi connectivity index (χ4n) is 2.54. The van der Waals surface area contributed by atoms with E-state index in [1.165, 1.54) is 0 Å². The summed E-state index contributed by atoms with van der Waals surface area (Å²) in [5.41, 5.74) is -0.159. The molecule has 0 aromatic carbocycles. The maximum atomic E-state index is 11.6. The Morgan fingerprint density at radius 1 is 1.42 bits per heavy atom. The molecule has 0 aromatic heterocycles. The zero-order valence-electron chi connectivity index (χ0n) is 8.39. The first-order valence-corrected chi connectivity index (χ1v) is 4.71. The van der Waals surface area contributed by atoms with E-state index in [-0.39, 0.29) is 17.4 Å². The van der Waals surface area contributed by atoms with Crippen LogP contribution in [0.25, 0.3) is 0 Å². The van der Waals surface area contributed by atoms with Gasteiger partial charge in [0.25, 0.3) is 0 Å². The molecular formula is C10H18O2. The summed E-state index contributed by atoms with van der Waals surface area (Å²) in [4.78, 5) is 11.6. The van der Waals surface area contributed by atoms with E-state index in [0.29, 0.717) is 5.78 Å². The van der Waals surface area contributed by atoms with Crippen LogP contribution in [-0.4, -0.2) is 19.0 Å². The van der Waals surface area contributed by atoms with Crippen LogP contribution in [-0.2, 0) is 9.53 Å². The minimum atomic E-state index is -0.159. The molecule has 1 aliphatic rings. The molecule has 0 saturated heterocycles. The number of ketones is 1. The minimum Gasteiger partial charge on any atom is -0.380 e. The predicted octanol–water partition coefficient (Wildman–Crippen LogP) is 2.03. The summed E-state index contributed by atoms with van der Waals surface area (Å²) in [5.74, 6) is 0.495. The number of Topliss-reactive ketones (excluding diaryl/α,β-unsaturated/α-hetero) is 1. The highest BCUT2D eigenvalue weighted by molar-refractivity contribution is 5.94. The van der Waals surface area contributed by atoms with Gasteiger partial charge in [-0.1, -0.05) is 20.8 Å². The molecule has 2 nitrogen and oxygen atoms in total. The SMILES string of the molecule is CCC1(CC)C(=O)C(C)C1OC. The van der Waals surface area contributed by atoms with Crippen molar-refractivity contribution in [2.75, 3.05) is 7.11 Å². The summed E-state index contributed by atoms with van der Waals surface area (Å²) in [5, 5.41) is 0. The maximum Gasteiger partial charge on any atom is 0.147 e. The summed E-state index contributed by atoms with van der Waals surface area (Å²) >= 11 is 0. The van der Waals surface area contributed by atoms with Crippen molar-refractivity contribution in [3.63, 3.8) is 0 Å². The quantitative estimate of drug-likeness (QED) is 0.647. The normalized spacial score (nSPS) is 33.2. The molecule has 0 amide bonds. The topological polar surface area (TPSA) is 26.3 Å².